The number of para-hydroxylation sites is 2. The molecule has 8 heteroatoms. The van der Waals surface area contributed by atoms with Gasteiger partial charge in [0.1, 0.15) is 16.4 Å². The highest BCUT2D eigenvalue weighted by Gasteiger charge is 2.23. The van der Waals surface area contributed by atoms with Crippen molar-refractivity contribution in [3.05, 3.63) is 48.0 Å². The fourth-order valence-electron chi connectivity index (χ4n) is 2.55. The molecule has 2 aromatic carbocycles. The van der Waals surface area contributed by atoms with Gasteiger partial charge in [0.15, 0.2) is 0 Å². The van der Waals surface area contributed by atoms with Gasteiger partial charge in [-0.25, -0.2) is 13.1 Å². The van der Waals surface area contributed by atoms with E-state index >= 15 is 0 Å². The molecule has 0 heterocycles. The minimum Gasteiger partial charge on any atom is -0.495 e. The van der Waals surface area contributed by atoms with E-state index in [0.29, 0.717) is 24.0 Å². The van der Waals surface area contributed by atoms with Crippen LogP contribution in [0.15, 0.2) is 47.4 Å². The Morgan fingerprint density at radius 2 is 1.72 bits per heavy atom. The number of amides is 1. The smallest absolute Gasteiger partial charge is 0.255 e. The molecule has 2 rings (SSSR count). The largest absolute Gasteiger partial charge is 0.495 e. The second kappa shape index (κ2) is 9.76. The molecule has 0 aliphatic heterocycles. The van der Waals surface area contributed by atoms with Crippen molar-refractivity contribution < 1.29 is 22.7 Å². The molecule has 0 aliphatic rings. The lowest BCUT2D eigenvalue weighted by Crippen LogP contribution is -2.30. The molecule has 2 aromatic rings. The van der Waals surface area contributed by atoms with Gasteiger partial charge in [0.2, 0.25) is 10.0 Å². The van der Waals surface area contributed by atoms with Gasteiger partial charge in [-0.15, -0.1) is 0 Å². The van der Waals surface area contributed by atoms with Crippen molar-refractivity contribution in [1.82, 2.24) is 4.72 Å². The lowest BCUT2D eigenvalue weighted by atomic mass is 10.2. The topological polar surface area (TPSA) is 93.7 Å². The van der Waals surface area contributed by atoms with E-state index in [2.05, 4.69) is 10.0 Å². The van der Waals surface area contributed by atoms with E-state index in [0.717, 1.165) is 0 Å². The Balaban J connectivity index is 2.32. The predicted molar refractivity (Wildman–Crippen MR) is 113 cm³/mol. The maximum atomic E-state index is 12.8. The van der Waals surface area contributed by atoms with Gasteiger partial charge in [-0.05, 0) is 50.1 Å². The Bertz CT molecular complexity index is 955. The maximum Gasteiger partial charge on any atom is 0.255 e. The first-order valence-electron chi connectivity index (χ1n) is 9.37. The second-order valence-electron chi connectivity index (χ2n) is 7.30. The first kappa shape index (κ1) is 22.7. The first-order chi connectivity index (χ1) is 13.6. The number of hydrogen-bond acceptors (Lipinski definition) is 5. The summed E-state index contributed by atoms with van der Waals surface area (Å²) >= 11 is 0. The van der Waals surface area contributed by atoms with Gasteiger partial charge in [-0.2, -0.15) is 0 Å². The van der Waals surface area contributed by atoms with E-state index in [1.807, 2.05) is 19.9 Å². The van der Waals surface area contributed by atoms with Gasteiger partial charge in [-0.3, -0.25) is 4.79 Å². The van der Waals surface area contributed by atoms with Crippen molar-refractivity contribution in [2.24, 2.45) is 5.92 Å². The number of nitrogens with one attached hydrogen (secondary N) is 2. The highest BCUT2D eigenvalue weighted by atomic mass is 32.2. The van der Waals surface area contributed by atoms with E-state index in [1.54, 1.807) is 32.0 Å². The van der Waals surface area contributed by atoms with Crippen LogP contribution in [0.3, 0.4) is 0 Å². The Morgan fingerprint density at radius 3 is 2.34 bits per heavy atom. The maximum absolute atomic E-state index is 12.8. The molecule has 29 heavy (non-hydrogen) atoms. The number of methoxy groups -OCH3 is 1. The number of anilines is 1. The Hall–Kier alpha value is -2.58. The molecule has 1 amide bonds. The summed E-state index contributed by atoms with van der Waals surface area (Å²) in [7, 11) is -2.46. The van der Waals surface area contributed by atoms with Crippen molar-refractivity contribution in [1.29, 1.82) is 0 Å². The SMILES string of the molecule is COc1ccc(C(=O)Nc2ccccc2OCC(C)C)cc1S(=O)(=O)NC(C)C. The zero-order valence-electron chi connectivity index (χ0n) is 17.4. The van der Waals surface area contributed by atoms with Gasteiger partial charge in [0.25, 0.3) is 5.91 Å². The molecule has 0 bridgehead atoms. The fraction of sp³-hybridized carbons (Fsp3) is 0.381. The van der Waals surface area contributed by atoms with Crippen molar-refractivity contribution in [3.8, 4) is 11.5 Å². The second-order valence-corrected chi connectivity index (χ2v) is 8.98. The molecular formula is C21H28N2O5S. The molecule has 158 valence electrons. The number of carbonyl (C=O) groups excluding carboxylic acids is 1. The molecule has 0 saturated heterocycles. The quantitative estimate of drug-likeness (QED) is 0.646. The summed E-state index contributed by atoms with van der Waals surface area (Å²) in [5.74, 6) is 0.601. The summed E-state index contributed by atoms with van der Waals surface area (Å²) in [5, 5.41) is 2.79. The molecule has 0 fully saturated rings. The summed E-state index contributed by atoms with van der Waals surface area (Å²) in [5.41, 5.74) is 0.701. The third-order valence-corrected chi connectivity index (χ3v) is 5.49. The summed E-state index contributed by atoms with van der Waals surface area (Å²) < 4.78 is 38.7. The minimum atomic E-state index is -3.84. The number of sulfonamides is 1. The third kappa shape index (κ3) is 6.20. The van der Waals surface area contributed by atoms with Crippen LogP contribution >= 0.6 is 0 Å². The van der Waals surface area contributed by atoms with Gasteiger partial charge >= 0.3 is 0 Å². The lowest BCUT2D eigenvalue weighted by Gasteiger charge is -2.15. The van der Waals surface area contributed by atoms with Crippen molar-refractivity contribution in [2.45, 2.75) is 38.6 Å². The zero-order valence-corrected chi connectivity index (χ0v) is 18.2. The summed E-state index contributed by atoms with van der Waals surface area (Å²) in [6.07, 6.45) is 0. The van der Waals surface area contributed by atoms with Crippen LogP contribution < -0.4 is 19.5 Å². The highest BCUT2D eigenvalue weighted by molar-refractivity contribution is 7.89. The van der Waals surface area contributed by atoms with Gasteiger partial charge in [0.05, 0.1) is 19.4 Å². The number of benzene rings is 2. The Kier molecular flexibility index (Phi) is 7.64. The van der Waals surface area contributed by atoms with Gasteiger partial charge < -0.3 is 14.8 Å². The number of ether oxygens (including phenoxy) is 2. The van der Waals surface area contributed by atoms with Crippen LogP contribution in [0.25, 0.3) is 0 Å². The normalized spacial score (nSPS) is 11.6. The molecule has 7 nitrogen and oxygen atoms in total. The molecule has 0 aromatic heterocycles. The average molecular weight is 421 g/mol. The zero-order chi connectivity index (χ0) is 21.6. The van der Waals surface area contributed by atoms with Gasteiger partial charge in [-0.1, -0.05) is 26.0 Å². The van der Waals surface area contributed by atoms with Crippen molar-refractivity contribution in [3.63, 3.8) is 0 Å². The lowest BCUT2D eigenvalue weighted by molar-refractivity contribution is 0.102. The number of rotatable bonds is 9. The van der Waals surface area contributed by atoms with Crippen LogP contribution in [0.1, 0.15) is 38.1 Å². The monoisotopic (exact) mass is 420 g/mol. The summed E-state index contributed by atoms with van der Waals surface area (Å²) in [6, 6.07) is 11.1. The predicted octanol–water partition coefficient (Wildman–Crippen LogP) is 3.67. The van der Waals surface area contributed by atoms with Crippen LogP contribution in [-0.4, -0.2) is 34.1 Å². The van der Waals surface area contributed by atoms with E-state index < -0.39 is 15.9 Å². The molecule has 0 spiro atoms. The number of carbonyl (C=O) groups is 1. The molecule has 2 N–H and O–H groups in total. The fourth-order valence-corrected chi connectivity index (χ4v) is 3.99. The van der Waals surface area contributed by atoms with Crippen LogP contribution in [-0.2, 0) is 10.0 Å². The molecule has 0 aliphatic carbocycles. The van der Waals surface area contributed by atoms with Crippen molar-refractivity contribution in [2.75, 3.05) is 19.0 Å². The number of hydrogen-bond donors (Lipinski definition) is 2. The van der Waals surface area contributed by atoms with Crippen LogP contribution in [0.5, 0.6) is 11.5 Å². The standard InChI is InChI=1S/C21H28N2O5S/c1-14(2)13-28-18-9-7-6-8-17(18)22-21(24)16-10-11-19(27-5)20(12-16)29(25,26)23-15(3)4/h6-12,14-15,23H,13H2,1-5H3,(H,22,24). The van der Waals surface area contributed by atoms with Crippen LogP contribution in [0.2, 0.25) is 0 Å². The third-order valence-electron chi connectivity index (χ3n) is 3.81. The average Bonchev–Trinajstić information content (AvgIpc) is 2.65. The minimum absolute atomic E-state index is 0.0920. The van der Waals surface area contributed by atoms with Crippen LogP contribution in [0, 0.1) is 5.92 Å². The molecule has 0 saturated carbocycles. The Labute approximate surface area is 172 Å². The first-order valence-corrected chi connectivity index (χ1v) is 10.9. The van der Waals surface area contributed by atoms with E-state index in [-0.39, 0.29) is 22.3 Å². The van der Waals surface area contributed by atoms with E-state index in [4.69, 9.17) is 9.47 Å². The summed E-state index contributed by atoms with van der Waals surface area (Å²) in [4.78, 5) is 12.7. The van der Waals surface area contributed by atoms with E-state index in [9.17, 15) is 13.2 Å². The van der Waals surface area contributed by atoms with Gasteiger partial charge in [0, 0.05) is 11.6 Å². The Morgan fingerprint density at radius 1 is 1.03 bits per heavy atom. The molecule has 0 unspecified atom stereocenters. The van der Waals surface area contributed by atoms with Crippen molar-refractivity contribution >= 4 is 21.6 Å². The summed E-state index contributed by atoms with van der Waals surface area (Å²) in [6.45, 7) is 8.01. The molecule has 0 atom stereocenters. The molecule has 0 radical (unpaired) electrons. The molecular weight excluding hydrogens is 392 g/mol. The van der Waals surface area contributed by atoms with E-state index in [1.165, 1.54) is 25.3 Å². The van der Waals surface area contributed by atoms with Crippen LogP contribution in [0.4, 0.5) is 5.69 Å². The highest BCUT2D eigenvalue weighted by Crippen LogP contribution is 2.28.